The minimum Gasteiger partial charge on any atom is -0.453 e. The number of rotatable bonds is 3. The SMILES string of the molecule is C[Si](C)(C)c1ccc(N(I)c2cccc3c2oc2c(C(F)(F)F)cccc23)cc1. The summed E-state index contributed by atoms with van der Waals surface area (Å²) >= 11 is 2.17. The fourth-order valence-corrected chi connectivity index (χ4v) is 5.28. The summed E-state index contributed by atoms with van der Waals surface area (Å²) in [7, 11) is -1.41. The van der Waals surface area contributed by atoms with Crippen molar-refractivity contribution in [2.75, 3.05) is 3.11 Å². The Balaban J connectivity index is 1.86. The number of halogens is 4. The van der Waals surface area contributed by atoms with E-state index in [1.807, 2.05) is 27.4 Å². The van der Waals surface area contributed by atoms with E-state index in [0.717, 1.165) is 11.8 Å². The summed E-state index contributed by atoms with van der Waals surface area (Å²) in [5.41, 5.74) is 1.23. The molecule has 0 aliphatic rings. The van der Waals surface area contributed by atoms with Gasteiger partial charge in [0.15, 0.2) is 5.58 Å². The number of hydrogen-bond acceptors (Lipinski definition) is 2. The van der Waals surface area contributed by atoms with Crippen LogP contribution in [0.15, 0.2) is 65.1 Å². The maximum absolute atomic E-state index is 13.4. The van der Waals surface area contributed by atoms with Crippen molar-refractivity contribution in [3.8, 4) is 0 Å². The van der Waals surface area contributed by atoms with Crippen molar-refractivity contribution in [3.05, 3.63) is 66.2 Å². The molecule has 0 unspecified atom stereocenters. The smallest absolute Gasteiger partial charge is 0.420 e. The molecule has 0 atom stereocenters. The molecule has 29 heavy (non-hydrogen) atoms. The molecule has 0 bridgehead atoms. The van der Waals surface area contributed by atoms with Gasteiger partial charge in [0.2, 0.25) is 0 Å². The fourth-order valence-electron chi connectivity index (χ4n) is 3.41. The van der Waals surface area contributed by atoms with Gasteiger partial charge in [-0.3, -0.25) is 3.11 Å². The fraction of sp³-hybridized carbons (Fsp3) is 0.182. The predicted molar refractivity (Wildman–Crippen MR) is 124 cm³/mol. The van der Waals surface area contributed by atoms with E-state index in [1.165, 1.54) is 11.3 Å². The van der Waals surface area contributed by atoms with E-state index in [9.17, 15) is 13.2 Å². The van der Waals surface area contributed by atoms with Crippen LogP contribution in [0.4, 0.5) is 24.5 Å². The van der Waals surface area contributed by atoms with E-state index in [4.69, 9.17) is 4.42 Å². The van der Waals surface area contributed by atoms with E-state index in [0.29, 0.717) is 22.0 Å². The zero-order chi connectivity index (χ0) is 21.0. The van der Waals surface area contributed by atoms with Crippen molar-refractivity contribution < 1.29 is 17.6 Å². The molecule has 4 aromatic rings. The molecule has 3 aromatic carbocycles. The molecule has 0 N–H and O–H groups in total. The van der Waals surface area contributed by atoms with Gasteiger partial charge in [-0.15, -0.1) is 0 Å². The average molecular weight is 525 g/mol. The highest BCUT2D eigenvalue weighted by Gasteiger charge is 2.34. The van der Waals surface area contributed by atoms with Crippen LogP contribution in [0.3, 0.4) is 0 Å². The number of alkyl halides is 3. The third-order valence-corrected chi connectivity index (χ3v) is 8.12. The van der Waals surface area contributed by atoms with Crippen molar-refractivity contribution in [3.63, 3.8) is 0 Å². The van der Waals surface area contributed by atoms with Gasteiger partial charge in [-0.05, 0) is 24.3 Å². The maximum Gasteiger partial charge on any atom is 0.420 e. The third-order valence-electron chi connectivity index (χ3n) is 4.98. The second-order valence-corrected chi connectivity index (χ2v) is 14.1. The summed E-state index contributed by atoms with van der Waals surface area (Å²) in [6, 6.07) is 18.0. The van der Waals surface area contributed by atoms with E-state index < -0.39 is 19.8 Å². The van der Waals surface area contributed by atoms with Gasteiger partial charge in [0.05, 0.1) is 47.9 Å². The second kappa shape index (κ2) is 7.05. The van der Waals surface area contributed by atoms with Crippen LogP contribution in [-0.4, -0.2) is 8.07 Å². The number of furan rings is 1. The summed E-state index contributed by atoms with van der Waals surface area (Å²) in [6.07, 6.45) is -4.47. The molecule has 4 rings (SSSR count). The van der Waals surface area contributed by atoms with E-state index in [1.54, 1.807) is 12.1 Å². The molecule has 0 aliphatic heterocycles. The molecule has 0 saturated heterocycles. The Hall–Kier alpha value is -2.00. The van der Waals surface area contributed by atoms with Crippen molar-refractivity contribution in [2.45, 2.75) is 25.8 Å². The van der Waals surface area contributed by atoms with Crippen LogP contribution in [-0.2, 0) is 6.18 Å². The molecule has 0 saturated carbocycles. The highest BCUT2D eigenvalue weighted by Crippen LogP contribution is 2.43. The summed E-state index contributed by atoms with van der Waals surface area (Å²) in [5.74, 6) is 0. The van der Waals surface area contributed by atoms with Crippen LogP contribution in [0.5, 0.6) is 0 Å². The maximum atomic E-state index is 13.4. The van der Waals surface area contributed by atoms with E-state index >= 15 is 0 Å². The van der Waals surface area contributed by atoms with Crippen LogP contribution in [0.2, 0.25) is 19.6 Å². The van der Waals surface area contributed by atoms with Crippen molar-refractivity contribution in [2.24, 2.45) is 0 Å². The van der Waals surface area contributed by atoms with Gasteiger partial charge >= 0.3 is 6.18 Å². The standard InChI is InChI=1S/C22H19F3INOSi/c1-29(2,3)15-12-10-14(11-13-15)27(26)19-9-5-7-17-16-6-4-8-18(22(23,24)25)20(16)28-21(17)19/h4-13H,1-3H3. The largest absolute Gasteiger partial charge is 0.453 e. The van der Waals surface area contributed by atoms with Gasteiger partial charge in [0, 0.05) is 10.8 Å². The first-order chi connectivity index (χ1) is 13.6. The summed E-state index contributed by atoms with van der Waals surface area (Å²) in [5, 5.41) is 2.49. The zero-order valence-electron chi connectivity index (χ0n) is 16.1. The predicted octanol–water partition coefficient (Wildman–Crippen LogP) is 7.64. The van der Waals surface area contributed by atoms with E-state index in [-0.39, 0.29) is 5.58 Å². The number of fused-ring (bicyclic) bond motifs is 3. The number of benzene rings is 3. The van der Waals surface area contributed by atoms with Gasteiger partial charge < -0.3 is 4.42 Å². The molecule has 1 aromatic heterocycles. The van der Waals surface area contributed by atoms with Crippen molar-refractivity contribution >= 4 is 69.4 Å². The molecule has 7 heteroatoms. The monoisotopic (exact) mass is 525 g/mol. The molecule has 0 fully saturated rings. The summed E-state index contributed by atoms with van der Waals surface area (Å²) < 4.78 is 48.0. The van der Waals surface area contributed by atoms with Crippen LogP contribution in [0, 0.1) is 0 Å². The first-order valence-electron chi connectivity index (χ1n) is 9.15. The molecule has 1 heterocycles. The van der Waals surface area contributed by atoms with Crippen LogP contribution in [0.25, 0.3) is 21.9 Å². The molecule has 2 nitrogen and oxygen atoms in total. The molecular weight excluding hydrogens is 506 g/mol. The first kappa shape index (κ1) is 20.3. The normalized spacial score (nSPS) is 12.7. The quantitative estimate of drug-likeness (QED) is 0.155. The van der Waals surface area contributed by atoms with Crippen molar-refractivity contribution in [1.82, 2.24) is 0 Å². The minimum atomic E-state index is -4.47. The topological polar surface area (TPSA) is 16.4 Å². The number of nitrogens with zero attached hydrogens (tertiary/aromatic N) is 1. The minimum absolute atomic E-state index is 0.124. The van der Waals surface area contributed by atoms with Gasteiger partial charge in [-0.25, -0.2) is 0 Å². The molecule has 0 radical (unpaired) electrons. The summed E-state index contributed by atoms with van der Waals surface area (Å²) in [4.78, 5) is 0. The lowest BCUT2D eigenvalue weighted by Crippen LogP contribution is -2.37. The Bertz CT molecular complexity index is 1190. The van der Waals surface area contributed by atoms with Gasteiger partial charge in [0.1, 0.15) is 5.58 Å². The lowest BCUT2D eigenvalue weighted by atomic mass is 10.1. The number of para-hydroxylation sites is 2. The Morgan fingerprint density at radius 2 is 1.41 bits per heavy atom. The first-order valence-corrected chi connectivity index (χ1v) is 13.6. The number of anilines is 2. The molecule has 0 aliphatic carbocycles. The second-order valence-electron chi connectivity index (χ2n) is 8.01. The van der Waals surface area contributed by atoms with Crippen LogP contribution in [0.1, 0.15) is 5.56 Å². The van der Waals surface area contributed by atoms with Gasteiger partial charge in [-0.1, -0.05) is 61.2 Å². The average Bonchev–Trinajstić information content (AvgIpc) is 3.04. The molecule has 150 valence electrons. The van der Waals surface area contributed by atoms with Crippen LogP contribution < -0.4 is 8.30 Å². The molecular formula is C22H19F3INOSi. The van der Waals surface area contributed by atoms with Gasteiger partial charge in [0.25, 0.3) is 0 Å². The molecule has 0 spiro atoms. The highest BCUT2D eigenvalue weighted by molar-refractivity contribution is 14.1. The molecule has 0 amide bonds. The highest BCUT2D eigenvalue weighted by atomic mass is 127. The lowest BCUT2D eigenvalue weighted by molar-refractivity contribution is -0.136. The van der Waals surface area contributed by atoms with Crippen LogP contribution >= 0.6 is 22.9 Å². The zero-order valence-corrected chi connectivity index (χ0v) is 19.3. The Morgan fingerprint density at radius 1 is 0.828 bits per heavy atom. The lowest BCUT2D eigenvalue weighted by Gasteiger charge is -2.20. The Kier molecular flexibility index (Phi) is 4.93. The van der Waals surface area contributed by atoms with E-state index in [2.05, 4.69) is 54.6 Å². The summed E-state index contributed by atoms with van der Waals surface area (Å²) in [6.45, 7) is 6.87. The van der Waals surface area contributed by atoms with Crippen molar-refractivity contribution in [1.29, 1.82) is 0 Å². The third kappa shape index (κ3) is 3.66. The number of hydrogen-bond donors (Lipinski definition) is 0. The van der Waals surface area contributed by atoms with Gasteiger partial charge in [-0.2, -0.15) is 13.2 Å². The Morgan fingerprint density at radius 3 is 2.00 bits per heavy atom. The Labute approximate surface area is 181 Å².